The van der Waals surface area contributed by atoms with Crippen molar-refractivity contribution in [3.05, 3.63) is 30.0 Å². The molecule has 2 aromatic heterocycles. The van der Waals surface area contributed by atoms with Crippen molar-refractivity contribution in [2.24, 2.45) is 0 Å². The van der Waals surface area contributed by atoms with Gasteiger partial charge in [-0.1, -0.05) is 0 Å². The molecule has 1 saturated heterocycles. The molecule has 3 heterocycles. The largest absolute Gasteiger partial charge is 0.517 e. The molecule has 20 heavy (non-hydrogen) atoms. The van der Waals surface area contributed by atoms with Crippen molar-refractivity contribution >= 4 is 18.2 Å². The number of rotatable bonds is 1. The summed E-state index contributed by atoms with van der Waals surface area (Å²) in [7, 11) is -0.624. The van der Waals surface area contributed by atoms with Gasteiger partial charge in [0.15, 0.2) is 0 Å². The molecule has 6 heteroatoms. The normalized spacial score (nSPS) is 20.2. The molecule has 0 amide bonds. The van der Waals surface area contributed by atoms with Gasteiger partial charge in [0.1, 0.15) is 11.7 Å². The van der Waals surface area contributed by atoms with Gasteiger partial charge in [-0.25, -0.2) is 4.52 Å². The van der Waals surface area contributed by atoms with E-state index in [4.69, 9.17) is 9.31 Å². The van der Waals surface area contributed by atoms with Crippen LogP contribution in [0.1, 0.15) is 33.3 Å². The standard InChI is InChI=1S/C14H16BN3O2/c1-13(2)14(3,4)20-15(19-13)12-10(9-16)8-11-6-5-7-18(11)17-12/h5-8H,1-4H3. The van der Waals surface area contributed by atoms with Gasteiger partial charge >= 0.3 is 7.12 Å². The van der Waals surface area contributed by atoms with Gasteiger partial charge in [-0.2, -0.15) is 10.4 Å². The molecule has 0 N–H and O–H groups in total. The second-order valence-electron chi connectivity index (χ2n) is 6.02. The molecule has 0 radical (unpaired) electrons. The van der Waals surface area contributed by atoms with Crippen molar-refractivity contribution in [3.8, 4) is 6.07 Å². The molecule has 1 aliphatic rings. The van der Waals surface area contributed by atoms with Crippen LogP contribution in [-0.4, -0.2) is 27.9 Å². The van der Waals surface area contributed by atoms with E-state index in [0.29, 0.717) is 11.2 Å². The van der Waals surface area contributed by atoms with Crippen LogP contribution in [0, 0.1) is 11.3 Å². The molecule has 2 aromatic rings. The topological polar surface area (TPSA) is 59.5 Å². The number of hydrogen-bond acceptors (Lipinski definition) is 4. The number of nitriles is 1. The summed E-state index contributed by atoms with van der Waals surface area (Å²) < 4.78 is 13.7. The Bertz CT molecular complexity index is 699. The first-order valence-electron chi connectivity index (χ1n) is 6.58. The SMILES string of the molecule is CC1(C)OB(c2nn3cccc3cc2C#N)OC1(C)C. The first kappa shape index (κ1) is 13.2. The Hall–Kier alpha value is -1.84. The molecule has 5 nitrogen and oxygen atoms in total. The van der Waals surface area contributed by atoms with Crippen molar-refractivity contribution in [2.75, 3.05) is 0 Å². The maximum atomic E-state index is 9.33. The lowest BCUT2D eigenvalue weighted by Gasteiger charge is -2.32. The van der Waals surface area contributed by atoms with Gasteiger partial charge in [-0.05, 0) is 45.9 Å². The summed E-state index contributed by atoms with van der Waals surface area (Å²) in [6, 6.07) is 7.76. The Morgan fingerprint density at radius 1 is 1.25 bits per heavy atom. The molecule has 0 aromatic carbocycles. The van der Waals surface area contributed by atoms with Gasteiger partial charge in [0.2, 0.25) is 0 Å². The van der Waals surface area contributed by atoms with E-state index in [9.17, 15) is 5.26 Å². The highest BCUT2D eigenvalue weighted by Crippen LogP contribution is 2.36. The summed E-state index contributed by atoms with van der Waals surface area (Å²) in [5.74, 6) is 0. The minimum atomic E-state index is -0.624. The van der Waals surface area contributed by atoms with E-state index in [1.54, 1.807) is 10.6 Å². The fourth-order valence-electron chi connectivity index (χ4n) is 2.20. The minimum absolute atomic E-state index is 0.447. The first-order valence-corrected chi connectivity index (χ1v) is 6.58. The van der Waals surface area contributed by atoms with Gasteiger partial charge < -0.3 is 9.31 Å². The van der Waals surface area contributed by atoms with E-state index in [2.05, 4.69) is 11.2 Å². The van der Waals surface area contributed by atoms with E-state index in [-0.39, 0.29) is 0 Å². The summed E-state index contributed by atoms with van der Waals surface area (Å²) in [5, 5.41) is 13.8. The van der Waals surface area contributed by atoms with Crippen molar-refractivity contribution in [1.82, 2.24) is 9.61 Å². The monoisotopic (exact) mass is 269 g/mol. The molecule has 0 bridgehead atoms. The van der Waals surface area contributed by atoms with Crippen molar-refractivity contribution < 1.29 is 9.31 Å². The second-order valence-corrected chi connectivity index (χ2v) is 6.02. The van der Waals surface area contributed by atoms with Gasteiger partial charge in [0.05, 0.1) is 22.3 Å². The van der Waals surface area contributed by atoms with Gasteiger partial charge in [-0.3, -0.25) is 0 Å². The molecular weight excluding hydrogens is 253 g/mol. The Kier molecular flexibility index (Phi) is 2.68. The number of aromatic nitrogens is 2. The molecular formula is C14H16BN3O2. The van der Waals surface area contributed by atoms with E-state index >= 15 is 0 Å². The van der Waals surface area contributed by atoms with E-state index in [0.717, 1.165) is 5.52 Å². The Balaban J connectivity index is 2.09. The highest BCUT2D eigenvalue weighted by atomic mass is 16.7. The predicted molar refractivity (Wildman–Crippen MR) is 75.6 cm³/mol. The second kappa shape index (κ2) is 4.08. The Labute approximate surface area is 118 Å². The fraction of sp³-hybridized carbons (Fsp3) is 0.429. The number of fused-ring (bicyclic) bond motifs is 1. The predicted octanol–water partition coefficient (Wildman–Crippen LogP) is 1.51. The smallest absolute Gasteiger partial charge is 0.398 e. The van der Waals surface area contributed by atoms with Gasteiger partial charge in [0, 0.05) is 6.20 Å². The average molecular weight is 269 g/mol. The summed E-state index contributed by atoms with van der Waals surface area (Å²) >= 11 is 0. The van der Waals surface area contributed by atoms with Crippen molar-refractivity contribution in [3.63, 3.8) is 0 Å². The summed E-state index contributed by atoms with van der Waals surface area (Å²) in [5.41, 5.74) is 0.987. The molecule has 102 valence electrons. The van der Waals surface area contributed by atoms with E-state index in [1.807, 2.05) is 46.0 Å². The maximum absolute atomic E-state index is 9.33. The third-order valence-corrected chi connectivity index (χ3v) is 4.14. The van der Waals surface area contributed by atoms with E-state index in [1.165, 1.54) is 0 Å². The summed E-state index contributed by atoms with van der Waals surface area (Å²) in [4.78, 5) is 0. The highest BCUT2D eigenvalue weighted by molar-refractivity contribution is 6.61. The Morgan fingerprint density at radius 2 is 1.90 bits per heavy atom. The van der Waals surface area contributed by atoms with Crippen molar-refractivity contribution in [2.45, 2.75) is 38.9 Å². The molecule has 0 aliphatic carbocycles. The summed E-state index contributed by atoms with van der Waals surface area (Å²) in [6.45, 7) is 7.92. The molecule has 1 fully saturated rings. The quantitative estimate of drug-likeness (QED) is 0.736. The number of nitrogens with zero attached hydrogens (tertiary/aromatic N) is 3. The van der Waals surface area contributed by atoms with Crippen LogP contribution in [0.4, 0.5) is 0 Å². The third kappa shape index (κ3) is 1.82. The molecule has 0 unspecified atom stereocenters. The lowest BCUT2D eigenvalue weighted by atomic mass is 9.81. The zero-order valence-corrected chi connectivity index (χ0v) is 12.0. The van der Waals surface area contributed by atoms with Crippen LogP contribution < -0.4 is 5.59 Å². The van der Waals surface area contributed by atoms with Crippen LogP contribution >= 0.6 is 0 Å². The molecule has 0 atom stereocenters. The summed E-state index contributed by atoms with van der Waals surface area (Å²) in [6.07, 6.45) is 1.84. The fourth-order valence-corrected chi connectivity index (χ4v) is 2.20. The van der Waals surface area contributed by atoms with Crippen LogP contribution in [0.5, 0.6) is 0 Å². The molecule has 1 aliphatic heterocycles. The van der Waals surface area contributed by atoms with Crippen LogP contribution in [0.25, 0.3) is 5.52 Å². The van der Waals surface area contributed by atoms with Crippen LogP contribution in [-0.2, 0) is 9.31 Å². The third-order valence-electron chi connectivity index (χ3n) is 4.14. The first-order chi connectivity index (χ1) is 9.34. The zero-order chi connectivity index (χ0) is 14.5. The average Bonchev–Trinajstić information content (AvgIpc) is 2.89. The van der Waals surface area contributed by atoms with Crippen LogP contribution in [0.3, 0.4) is 0 Å². The molecule has 3 rings (SSSR count). The lowest BCUT2D eigenvalue weighted by molar-refractivity contribution is 0.00578. The van der Waals surface area contributed by atoms with E-state index < -0.39 is 18.3 Å². The zero-order valence-electron chi connectivity index (χ0n) is 12.0. The Morgan fingerprint density at radius 3 is 2.50 bits per heavy atom. The van der Waals surface area contributed by atoms with Gasteiger partial charge in [0.25, 0.3) is 0 Å². The van der Waals surface area contributed by atoms with Gasteiger partial charge in [-0.15, -0.1) is 0 Å². The molecule has 0 spiro atoms. The maximum Gasteiger partial charge on any atom is 0.517 e. The lowest BCUT2D eigenvalue weighted by Crippen LogP contribution is -2.41. The number of hydrogen-bond donors (Lipinski definition) is 0. The molecule has 0 saturated carbocycles. The van der Waals surface area contributed by atoms with Crippen LogP contribution in [0.2, 0.25) is 0 Å². The van der Waals surface area contributed by atoms with Crippen molar-refractivity contribution in [1.29, 1.82) is 5.26 Å². The minimum Gasteiger partial charge on any atom is -0.398 e. The highest BCUT2D eigenvalue weighted by Gasteiger charge is 2.53. The van der Waals surface area contributed by atoms with Crippen LogP contribution in [0.15, 0.2) is 24.4 Å².